The van der Waals surface area contributed by atoms with Crippen LogP contribution < -0.4 is 40.5 Å². The summed E-state index contributed by atoms with van der Waals surface area (Å²) in [6.07, 6.45) is 8.92. The molecule has 6 atom stereocenters. The minimum absolute atomic E-state index is 0.237. The molecule has 0 amide bonds. The standard InChI is InChI=1S/C39H52N12O2/c1-24-6-5-16-50(24)38-45-33(21-37(48-38)47-35-19-28(53-4)9-15-43-35)30-10-13-41-23-31(30)29-11-17-51(25(29)2)39-44-32(26-7-12-40-22-26)20-36(49-39)46-34-18-27(52-3)8-14-42-34/h8-9,14-15,18-21,24-26,29-31,40-41H,5-7,10-13,16-17,22-23H2,1-4H3,(H,42,44,46,49)(H,43,45,47,48). The fourth-order valence-corrected chi connectivity index (χ4v) is 8.82. The molecule has 0 bridgehead atoms. The summed E-state index contributed by atoms with van der Waals surface area (Å²) in [6.45, 7) is 10.3. The predicted molar refractivity (Wildman–Crippen MR) is 207 cm³/mol. The summed E-state index contributed by atoms with van der Waals surface area (Å²) in [4.78, 5) is 34.6. The fraction of sp³-hybridized carbons (Fsp3) is 0.538. The molecule has 4 fully saturated rings. The zero-order valence-electron chi connectivity index (χ0n) is 31.3. The Bertz CT molecular complexity index is 1870. The van der Waals surface area contributed by atoms with Gasteiger partial charge in [-0.3, -0.25) is 0 Å². The molecule has 4 aromatic rings. The number of ether oxygens (including phenoxy) is 2. The van der Waals surface area contributed by atoms with Crippen LogP contribution in [0.15, 0.2) is 48.8 Å². The highest BCUT2D eigenvalue weighted by Gasteiger charge is 2.43. The SMILES string of the molecule is COc1ccnc(Nc2cc(C3CCNCC3C3CCN(c4nc(Nc5cc(OC)ccn5)cc(C5CCNC5)n4)C3C)nc(N3CCCC3C)n2)c1. The van der Waals surface area contributed by atoms with Crippen LogP contribution >= 0.6 is 0 Å². The summed E-state index contributed by atoms with van der Waals surface area (Å²) in [5.41, 5.74) is 2.16. The Kier molecular flexibility index (Phi) is 10.4. The average molecular weight is 721 g/mol. The highest BCUT2D eigenvalue weighted by Crippen LogP contribution is 2.43. The molecule has 4 aromatic heterocycles. The van der Waals surface area contributed by atoms with E-state index in [2.05, 4.69) is 67.0 Å². The Morgan fingerprint density at radius 1 is 0.660 bits per heavy atom. The first kappa shape index (κ1) is 35.2. The van der Waals surface area contributed by atoms with Gasteiger partial charge in [0.2, 0.25) is 11.9 Å². The van der Waals surface area contributed by atoms with Crippen LogP contribution in [0.2, 0.25) is 0 Å². The summed E-state index contributed by atoms with van der Waals surface area (Å²) in [7, 11) is 3.33. The van der Waals surface area contributed by atoms with E-state index in [0.29, 0.717) is 35.4 Å². The number of hydrogen-bond donors (Lipinski definition) is 4. The number of hydrogen-bond acceptors (Lipinski definition) is 14. The normalized spacial score (nSPS) is 25.8. The molecule has 0 spiro atoms. The number of nitrogens with zero attached hydrogens (tertiary/aromatic N) is 8. The highest BCUT2D eigenvalue weighted by atomic mass is 16.5. The second-order valence-electron chi connectivity index (χ2n) is 14.9. The van der Waals surface area contributed by atoms with Crippen molar-refractivity contribution >= 4 is 35.2 Å². The number of piperidine rings is 1. The van der Waals surface area contributed by atoms with Gasteiger partial charge in [-0.25, -0.2) is 19.9 Å². The van der Waals surface area contributed by atoms with Crippen LogP contribution in [0.4, 0.5) is 35.2 Å². The molecule has 6 unspecified atom stereocenters. The van der Waals surface area contributed by atoms with Crippen molar-refractivity contribution in [1.82, 2.24) is 40.5 Å². The summed E-state index contributed by atoms with van der Waals surface area (Å²) < 4.78 is 10.9. The van der Waals surface area contributed by atoms with Gasteiger partial charge in [-0.2, -0.15) is 9.97 Å². The van der Waals surface area contributed by atoms with Crippen LogP contribution in [-0.4, -0.2) is 95.5 Å². The molecule has 4 aliphatic heterocycles. The van der Waals surface area contributed by atoms with Crippen molar-refractivity contribution < 1.29 is 9.47 Å². The third-order valence-corrected chi connectivity index (χ3v) is 11.7. The molecule has 53 heavy (non-hydrogen) atoms. The first-order valence-corrected chi connectivity index (χ1v) is 19.2. The summed E-state index contributed by atoms with van der Waals surface area (Å²) in [5, 5.41) is 14.2. The molecule has 4 N–H and O–H groups in total. The maximum Gasteiger partial charge on any atom is 0.227 e. The Morgan fingerprint density at radius 3 is 1.94 bits per heavy atom. The number of pyridine rings is 2. The van der Waals surface area contributed by atoms with Gasteiger partial charge in [0.05, 0.1) is 25.6 Å². The molecule has 8 heterocycles. The molecule has 0 aliphatic carbocycles. The van der Waals surface area contributed by atoms with Gasteiger partial charge in [0.25, 0.3) is 0 Å². The average Bonchev–Trinajstić information content (AvgIpc) is 3.97. The number of anilines is 6. The minimum Gasteiger partial charge on any atom is -0.497 e. The number of methoxy groups -OCH3 is 2. The Labute approximate surface area is 312 Å². The van der Waals surface area contributed by atoms with E-state index in [9.17, 15) is 0 Å². The summed E-state index contributed by atoms with van der Waals surface area (Å²) in [6, 6.07) is 12.4. The molecular weight excluding hydrogens is 669 g/mol. The van der Waals surface area contributed by atoms with Crippen LogP contribution in [0.5, 0.6) is 11.5 Å². The molecule has 14 heteroatoms. The zero-order chi connectivity index (χ0) is 36.3. The highest BCUT2D eigenvalue weighted by molar-refractivity contribution is 5.58. The zero-order valence-corrected chi connectivity index (χ0v) is 31.3. The summed E-state index contributed by atoms with van der Waals surface area (Å²) >= 11 is 0. The second-order valence-corrected chi connectivity index (χ2v) is 14.9. The monoisotopic (exact) mass is 720 g/mol. The van der Waals surface area contributed by atoms with Gasteiger partial charge in [-0.1, -0.05) is 0 Å². The van der Waals surface area contributed by atoms with Crippen LogP contribution in [0, 0.1) is 11.8 Å². The van der Waals surface area contributed by atoms with E-state index in [1.165, 1.54) is 0 Å². The van der Waals surface area contributed by atoms with Crippen molar-refractivity contribution in [2.45, 2.75) is 69.9 Å². The molecule has 0 radical (unpaired) electrons. The van der Waals surface area contributed by atoms with Crippen molar-refractivity contribution in [2.75, 3.05) is 73.9 Å². The lowest BCUT2D eigenvalue weighted by Crippen LogP contribution is -2.43. The number of aromatic nitrogens is 6. The molecule has 0 aromatic carbocycles. The van der Waals surface area contributed by atoms with Crippen LogP contribution in [0.1, 0.15) is 69.2 Å². The third kappa shape index (κ3) is 7.65. The van der Waals surface area contributed by atoms with E-state index in [4.69, 9.17) is 29.4 Å². The fourth-order valence-electron chi connectivity index (χ4n) is 8.82. The number of rotatable bonds is 11. The second kappa shape index (κ2) is 15.7. The Balaban J connectivity index is 1.08. The molecule has 4 saturated heterocycles. The third-order valence-electron chi connectivity index (χ3n) is 11.7. The topological polar surface area (TPSA) is 150 Å². The van der Waals surface area contributed by atoms with E-state index < -0.39 is 0 Å². The predicted octanol–water partition coefficient (Wildman–Crippen LogP) is 5.23. The summed E-state index contributed by atoms with van der Waals surface area (Å²) in [5.74, 6) is 7.39. The largest absolute Gasteiger partial charge is 0.497 e. The van der Waals surface area contributed by atoms with Crippen molar-refractivity contribution in [3.8, 4) is 11.5 Å². The van der Waals surface area contributed by atoms with Gasteiger partial charge in [-0.15, -0.1) is 0 Å². The molecule has 14 nitrogen and oxygen atoms in total. The van der Waals surface area contributed by atoms with Crippen molar-refractivity contribution in [3.05, 3.63) is 60.2 Å². The lowest BCUT2D eigenvalue weighted by molar-refractivity contribution is 0.217. The van der Waals surface area contributed by atoms with E-state index >= 15 is 0 Å². The lowest BCUT2D eigenvalue weighted by atomic mass is 9.73. The van der Waals surface area contributed by atoms with Crippen molar-refractivity contribution in [3.63, 3.8) is 0 Å². The van der Waals surface area contributed by atoms with Crippen LogP contribution in [0.3, 0.4) is 0 Å². The van der Waals surface area contributed by atoms with Gasteiger partial charge in [0.1, 0.15) is 34.8 Å². The van der Waals surface area contributed by atoms with Crippen LogP contribution in [0.25, 0.3) is 0 Å². The maximum absolute atomic E-state index is 5.47. The van der Waals surface area contributed by atoms with Gasteiger partial charge >= 0.3 is 0 Å². The van der Waals surface area contributed by atoms with E-state index in [1.807, 2.05) is 24.3 Å². The van der Waals surface area contributed by atoms with E-state index in [-0.39, 0.29) is 12.0 Å². The van der Waals surface area contributed by atoms with E-state index in [0.717, 1.165) is 118 Å². The first-order valence-electron chi connectivity index (χ1n) is 19.2. The smallest absolute Gasteiger partial charge is 0.227 e. The molecular formula is C39H52N12O2. The quantitative estimate of drug-likeness (QED) is 0.160. The Hall–Kier alpha value is -4.82. The van der Waals surface area contributed by atoms with E-state index in [1.54, 1.807) is 26.6 Å². The first-order chi connectivity index (χ1) is 25.9. The van der Waals surface area contributed by atoms with Gasteiger partial charge in [-0.05, 0) is 89.6 Å². The lowest BCUT2D eigenvalue weighted by Gasteiger charge is -2.38. The molecule has 280 valence electrons. The Morgan fingerprint density at radius 2 is 1.30 bits per heavy atom. The van der Waals surface area contributed by atoms with Crippen LogP contribution in [-0.2, 0) is 0 Å². The molecule has 0 saturated carbocycles. The van der Waals surface area contributed by atoms with Crippen molar-refractivity contribution in [1.29, 1.82) is 0 Å². The molecule has 8 rings (SSSR count). The van der Waals surface area contributed by atoms with Gasteiger partial charge in [0.15, 0.2) is 0 Å². The van der Waals surface area contributed by atoms with Gasteiger partial charge < -0.3 is 40.5 Å². The van der Waals surface area contributed by atoms with Gasteiger partial charge in [0, 0.05) is 80.2 Å². The van der Waals surface area contributed by atoms with Crippen molar-refractivity contribution in [2.24, 2.45) is 11.8 Å². The minimum atomic E-state index is 0.237. The maximum atomic E-state index is 5.47. The molecule has 4 aliphatic rings. The number of nitrogens with one attached hydrogen (secondary N) is 4.